The Hall–Kier alpha value is -2.86. The van der Waals surface area contributed by atoms with Gasteiger partial charge in [-0.05, 0) is 55.9 Å². The van der Waals surface area contributed by atoms with E-state index in [1.165, 1.54) is 32.1 Å². The summed E-state index contributed by atoms with van der Waals surface area (Å²) in [6, 6.07) is 12.7. The third kappa shape index (κ3) is 9.73. The van der Waals surface area contributed by atoms with Crippen LogP contribution in [0.5, 0.6) is 5.75 Å². The van der Waals surface area contributed by atoms with Crippen molar-refractivity contribution in [3.63, 3.8) is 0 Å². The first kappa shape index (κ1) is 28.4. The SMILES string of the molecule is CCCCCCCCCC(=O)N(CCN(C)C)Cc1ccc(OC)c(-c2cccc(C(=O)O)c2)c1. The van der Waals surface area contributed by atoms with Gasteiger partial charge in [-0.15, -0.1) is 0 Å². The maximum absolute atomic E-state index is 13.1. The molecule has 0 aromatic heterocycles. The summed E-state index contributed by atoms with van der Waals surface area (Å²) in [5.41, 5.74) is 2.82. The molecule has 0 atom stereocenters. The van der Waals surface area contributed by atoms with Crippen molar-refractivity contribution in [1.82, 2.24) is 9.80 Å². The van der Waals surface area contributed by atoms with Crippen LogP contribution in [0.15, 0.2) is 42.5 Å². The third-order valence-corrected chi connectivity index (χ3v) is 6.22. The Morgan fingerprint density at radius 2 is 1.63 bits per heavy atom. The summed E-state index contributed by atoms with van der Waals surface area (Å²) in [5.74, 6) is -0.107. The molecule has 0 fully saturated rings. The van der Waals surface area contributed by atoms with E-state index in [0.29, 0.717) is 25.3 Å². The number of aromatic carboxylic acids is 1. The smallest absolute Gasteiger partial charge is 0.335 e. The van der Waals surface area contributed by atoms with Crippen LogP contribution in [-0.2, 0) is 11.3 Å². The highest BCUT2D eigenvalue weighted by Crippen LogP contribution is 2.32. The number of carboxylic acid groups (broad SMARTS) is 1. The predicted molar refractivity (Wildman–Crippen MR) is 142 cm³/mol. The fourth-order valence-electron chi connectivity index (χ4n) is 4.12. The van der Waals surface area contributed by atoms with Gasteiger partial charge in [-0.25, -0.2) is 4.79 Å². The van der Waals surface area contributed by atoms with Crippen LogP contribution in [0.4, 0.5) is 0 Å². The van der Waals surface area contributed by atoms with Gasteiger partial charge in [0.25, 0.3) is 0 Å². The number of carbonyl (C=O) groups excluding carboxylic acids is 1. The predicted octanol–water partition coefficient (Wildman–Crippen LogP) is 6.09. The van der Waals surface area contributed by atoms with Crippen LogP contribution in [0.3, 0.4) is 0 Å². The van der Waals surface area contributed by atoms with Gasteiger partial charge in [-0.1, -0.05) is 63.6 Å². The van der Waals surface area contributed by atoms with Gasteiger partial charge in [-0.3, -0.25) is 4.79 Å². The summed E-state index contributed by atoms with van der Waals surface area (Å²) in [7, 11) is 5.63. The lowest BCUT2D eigenvalue weighted by atomic mass is 9.99. The summed E-state index contributed by atoms with van der Waals surface area (Å²) in [6.07, 6.45) is 8.88. The number of nitrogens with zero attached hydrogens (tertiary/aromatic N) is 2. The molecule has 0 aliphatic carbocycles. The summed E-state index contributed by atoms with van der Waals surface area (Å²) in [5, 5.41) is 9.38. The minimum Gasteiger partial charge on any atom is -0.496 e. The quantitative estimate of drug-likeness (QED) is 0.293. The molecule has 0 radical (unpaired) electrons. The molecule has 6 nitrogen and oxygen atoms in total. The number of carboxylic acids is 1. The van der Waals surface area contributed by atoms with E-state index in [2.05, 4.69) is 11.8 Å². The second-order valence-corrected chi connectivity index (χ2v) is 9.41. The number of unbranched alkanes of at least 4 members (excludes halogenated alkanes) is 6. The number of benzene rings is 2. The van der Waals surface area contributed by atoms with E-state index < -0.39 is 5.97 Å². The van der Waals surface area contributed by atoms with Crippen LogP contribution in [0.25, 0.3) is 11.1 Å². The number of ether oxygens (including phenoxy) is 1. The Balaban J connectivity index is 2.13. The van der Waals surface area contributed by atoms with E-state index in [0.717, 1.165) is 36.1 Å². The normalized spacial score (nSPS) is 11.0. The highest BCUT2D eigenvalue weighted by atomic mass is 16.5. The number of rotatable bonds is 16. The van der Waals surface area contributed by atoms with Crippen molar-refractivity contribution in [3.05, 3.63) is 53.6 Å². The van der Waals surface area contributed by atoms with Gasteiger partial charge in [0, 0.05) is 31.6 Å². The lowest BCUT2D eigenvalue weighted by Crippen LogP contribution is -2.36. The van der Waals surface area contributed by atoms with Crippen molar-refractivity contribution < 1.29 is 19.4 Å². The Kier molecular flexibility index (Phi) is 12.3. The fourth-order valence-corrected chi connectivity index (χ4v) is 4.12. The molecule has 0 unspecified atom stereocenters. The molecule has 35 heavy (non-hydrogen) atoms. The highest BCUT2D eigenvalue weighted by molar-refractivity contribution is 5.90. The van der Waals surface area contributed by atoms with Crippen LogP contribution < -0.4 is 4.74 Å². The number of carbonyl (C=O) groups is 2. The molecule has 0 saturated carbocycles. The van der Waals surface area contributed by atoms with Crippen LogP contribution in [0.2, 0.25) is 0 Å². The number of methoxy groups -OCH3 is 1. The van der Waals surface area contributed by atoms with Crippen LogP contribution in [0, 0.1) is 0 Å². The topological polar surface area (TPSA) is 70.1 Å². The lowest BCUT2D eigenvalue weighted by molar-refractivity contribution is -0.132. The monoisotopic (exact) mass is 482 g/mol. The maximum Gasteiger partial charge on any atom is 0.335 e. The number of amides is 1. The third-order valence-electron chi connectivity index (χ3n) is 6.22. The molecule has 0 heterocycles. The van der Waals surface area contributed by atoms with Gasteiger partial charge in [0.1, 0.15) is 5.75 Å². The summed E-state index contributed by atoms with van der Waals surface area (Å²) >= 11 is 0. The molecule has 0 spiro atoms. The van der Waals surface area contributed by atoms with E-state index in [9.17, 15) is 14.7 Å². The van der Waals surface area contributed by atoms with Gasteiger partial charge in [0.15, 0.2) is 0 Å². The van der Waals surface area contributed by atoms with Crippen molar-refractivity contribution in [2.24, 2.45) is 0 Å². The van der Waals surface area contributed by atoms with Crippen LogP contribution >= 0.6 is 0 Å². The molecule has 1 N–H and O–H groups in total. The Morgan fingerprint density at radius 3 is 2.29 bits per heavy atom. The summed E-state index contributed by atoms with van der Waals surface area (Å²) in [6.45, 7) is 4.20. The summed E-state index contributed by atoms with van der Waals surface area (Å²) in [4.78, 5) is 28.6. The molecule has 2 rings (SSSR count). The minimum atomic E-state index is -0.965. The van der Waals surface area contributed by atoms with Gasteiger partial charge < -0.3 is 19.6 Å². The number of hydrogen-bond acceptors (Lipinski definition) is 4. The first-order chi connectivity index (χ1) is 16.8. The average molecular weight is 483 g/mol. The first-order valence-corrected chi connectivity index (χ1v) is 12.8. The number of likely N-dealkylation sites (N-methyl/N-ethyl adjacent to an activating group) is 1. The van der Waals surface area contributed by atoms with E-state index in [1.54, 1.807) is 25.3 Å². The van der Waals surface area contributed by atoms with E-state index in [1.807, 2.05) is 43.3 Å². The molecule has 2 aromatic carbocycles. The van der Waals surface area contributed by atoms with Gasteiger partial charge in [-0.2, -0.15) is 0 Å². The molecule has 192 valence electrons. The highest BCUT2D eigenvalue weighted by Gasteiger charge is 2.16. The standard InChI is InChI=1S/C29H42N2O4/c1-5-6-7-8-9-10-11-15-28(32)31(19-18-30(2)3)22-23-16-17-27(35-4)26(20-23)24-13-12-14-25(21-24)29(33)34/h12-14,16-17,20-21H,5-11,15,18-19,22H2,1-4H3,(H,33,34). The zero-order valence-electron chi connectivity index (χ0n) is 21.9. The van der Waals surface area contributed by atoms with E-state index >= 15 is 0 Å². The lowest BCUT2D eigenvalue weighted by Gasteiger charge is -2.25. The molecular weight excluding hydrogens is 440 g/mol. The van der Waals surface area contributed by atoms with E-state index in [4.69, 9.17) is 4.74 Å². The molecule has 0 saturated heterocycles. The zero-order chi connectivity index (χ0) is 25.6. The minimum absolute atomic E-state index is 0.186. The molecule has 0 bridgehead atoms. The molecule has 2 aromatic rings. The van der Waals surface area contributed by atoms with Crippen molar-refractivity contribution >= 4 is 11.9 Å². The van der Waals surface area contributed by atoms with Gasteiger partial charge in [0.05, 0.1) is 12.7 Å². The van der Waals surface area contributed by atoms with Crippen molar-refractivity contribution in [2.75, 3.05) is 34.3 Å². The largest absolute Gasteiger partial charge is 0.496 e. The molecular formula is C29H42N2O4. The fraction of sp³-hybridized carbons (Fsp3) is 0.517. The zero-order valence-corrected chi connectivity index (χ0v) is 21.9. The van der Waals surface area contributed by atoms with Gasteiger partial charge >= 0.3 is 5.97 Å². The van der Waals surface area contributed by atoms with E-state index in [-0.39, 0.29) is 11.5 Å². The Morgan fingerprint density at radius 1 is 0.914 bits per heavy atom. The Labute approximate surface area is 210 Å². The second-order valence-electron chi connectivity index (χ2n) is 9.41. The second kappa shape index (κ2) is 15.2. The molecule has 0 aliphatic rings. The van der Waals surface area contributed by atoms with Gasteiger partial charge in [0.2, 0.25) is 5.91 Å². The summed E-state index contributed by atoms with van der Waals surface area (Å²) < 4.78 is 5.55. The first-order valence-electron chi connectivity index (χ1n) is 12.8. The average Bonchev–Trinajstić information content (AvgIpc) is 2.85. The Bertz CT molecular complexity index is 942. The maximum atomic E-state index is 13.1. The van der Waals surface area contributed by atoms with Crippen LogP contribution in [-0.4, -0.2) is 61.1 Å². The van der Waals surface area contributed by atoms with Crippen molar-refractivity contribution in [3.8, 4) is 16.9 Å². The number of hydrogen-bond donors (Lipinski definition) is 1. The van der Waals surface area contributed by atoms with Crippen molar-refractivity contribution in [2.45, 2.75) is 64.8 Å². The molecule has 1 amide bonds. The van der Waals surface area contributed by atoms with Crippen LogP contribution in [0.1, 0.15) is 74.2 Å². The van der Waals surface area contributed by atoms with Crippen molar-refractivity contribution in [1.29, 1.82) is 0 Å². The molecule has 6 heteroatoms. The molecule has 0 aliphatic heterocycles.